The van der Waals surface area contributed by atoms with Crippen LogP contribution in [0, 0.1) is 11.8 Å². The SMILES string of the molecule is CC#CC(=O)N1CCN(C(C)=O)[C@H](c2cc(Cl)nc(-c3cc(C(=O)NC)ncn3)c2)C1. The maximum Gasteiger partial charge on any atom is 0.298 e. The Morgan fingerprint density at radius 2 is 1.94 bits per heavy atom. The standard InChI is InChI=1S/C21H21ClN6O3/c1-4-5-20(30)27-6-7-28(13(2)29)18(11-27)14-8-16(26-19(22)9-14)15-10-17(21(31)23-3)25-12-24-15/h8-10,12,18H,6-7,11H2,1-3H3,(H,23,31)/t18-/m0/s1. The third-order valence-electron chi connectivity index (χ3n) is 4.89. The molecule has 0 bridgehead atoms. The molecule has 3 amide bonds. The van der Waals surface area contributed by atoms with Crippen molar-refractivity contribution in [1.82, 2.24) is 30.1 Å². The van der Waals surface area contributed by atoms with Gasteiger partial charge < -0.3 is 15.1 Å². The lowest BCUT2D eigenvalue weighted by Gasteiger charge is -2.40. The van der Waals surface area contributed by atoms with Crippen LogP contribution in [0.15, 0.2) is 24.5 Å². The molecule has 0 spiro atoms. The van der Waals surface area contributed by atoms with Gasteiger partial charge in [0.15, 0.2) is 0 Å². The van der Waals surface area contributed by atoms with Gasteiger partial charge in [0.05, 0.1) is 17.4 Å². The van der Waals surface area contributed by atoms with Crippen LogP contribution < -0.4 is 5.32 Å². The number of nitrogens with one attached hydrogen (secondary N) is 1. The van der Waals surface area contributed by atoms with E-state index >= 15 is 0 Å². The molecule has 31 heavy (non-hydrogen) atoms. The van der Waals surface area contributed by atoms with E-state index in [-0.39, 0.29) is 35.1 Å². The first-order valence-electron chi connectivity index (χ1n) is 9.55. The molecule has 0 unspecified atom stereocenters. The Hall–Kier alpha value is -3.51. The number of hydrogen-bond donors (Lipinski definition) is 1. The highest BCUT2D eigenvalue weighted by molar-refractivity contribution is 6.29. The summed E-state index contributed by atoms with van der Waals surface area (Å²) >= 11 is 6.28. The van der Waals surface area contributed by atoms with Crippen LogP contribution >= 0.6 is 11.6 Å². The van der Waals surface area contributed by atoms with E-state index in [0.717, 1.165) is 0 Å². The van der Waals surface area contributed by atoms with E-state index in [2.05, 4.69) is 32.1 Å². The maximum atomic E-state index is 12.3. The largest absolute Gasteiger partial charge is 0.354 e. The number of piperazine rings is 1. The van der Waals surface area contributed by atoms with Gasteiger partial charge in [-0.05, 0) is 36.6 Å². The Bertz CT molecular complexity index is 1090. The number of rotatable bonds is 3. The molecule has 0 aliphatic carbocycles. The molecule has 1 aliphatic heterocycles. The zero-order chi connectivity index (χ0) is 22.5. The molecular weight excluding hydrogens is 420 g/mol. The minimum absolute atomic E-state index is 0.114. The summed E-state index contributed by atoms with van der Waals surface area (Å²) in [4.78, 5) is 52.2. The maximum absolute atomic E-state index is 12.3. The van der Waals surface area contributed by atoms with Gasteiger partial charge in [0.25, 0.3) is 11.8 Å². The summed E-state index contributed by atoms with van der Waals surface area (Å²) in [5.41, 5.74) is 1.73. The second-order valence-corrected chi connectivity index (χ2v) is 7.22. The van der Waals surface area contributed by atoms with Crippen molar-refractivity contribution in [2.75, 3.05) is 26.7 Å². The molecule has 2 aromatic heterocycles. The second kappa shape index (κ2) is 9.53. The molecule has 1 fully saturated rings. The predicted octanol–water partition coefficient (Wildman–Crippen LogP) is 1.31. The van der Waals surface area contributed by atoms with Crippen molar-refractivity contribution in [2.45, 2.75) is 19.9 Å². The van der Waals surface area contributed by atoms with Gasteiger partial charge in [0, 0.05) is 33.6 Å². The van der Waals surface area contributed by atoms with E-state index < -0.39 is 6.04 Å². The van der Waals surface area contributed by atoms with Gasteiger partial charge in [-0.2, -0.15) is 0 Å². The van der Waals surface area contributed by atoms with Gasteiger partial charge in [0.2, 0.25) is 5.91 Å². The fourth-order valence-electron chi connectivity index (χ4n) is 3.41. The average molecular weight is 441 g/mol. The van der Waals surface area contributed by atoms with Crippen molar-refractivity contribution in [3.63, 3.8) is 0 Å². The molecule has 0 aromatic carbocycles. The van der Waals surface area contributed by atoms with Gasteiger partial charge in [-0.1, -0.05) is 17.5 Å². The van der Waals surface area contributed by atoms with Crippen molar-refractivity contribution in [3.8, 4) is 23.2 Å². The van der Waals surface area contributed by atoms with E-state index in [9.17, 15) is 14.4 Å². The topological polar surface area (TPSA) is 108 Å². The molecule has 160 valence electrons. The Balaban J connectivity index is 2.01. The molecule has 1 atom stereocenters. The Morgan fingerprint density at radius 1 is 1.16 bits per heavy atom. The Morgan fingerprint density at radius 3 is 2.61 bits per heavy atom. The minimum atomic E-state index is -0.423. The Labute approximate surface area is 184 Å². The number of aromatic nitrogens is 3. The number of halogens is 1. The van der Waals surface area contributed by atoms with Gasteiger partial charge >= 0.3 is 0 Å². The molecule has 0 saturated carbocycles. The van der Waals surface area contributed by atoms with Crippen molar-refractivity contribution in [3.05, 3.63) is 40.9 Å². The van der Waals surface area contributed by atoms with E-state index in [1.54, 1.807) is 28.9 Å². The number of nitrogens with zero attached hydrogens (tertiary/aromatic N) is 5. The first-order chi connectivity index (χ1) is 14.8. The fourth-order valence-corrected chi connectivity index (χ4v) is 3.62. The van der Waals surface area contributed by atoms with Crippen LogP contribution in [0.2, 0.25) is 5.15 Å². The van der Waals surface area contributed by atoms with Crippen molar-refractivity contribution in [2.24, 2.45) is 0 Å². The average Bonchev–Trinajstić information content (AvgIpc) is 2.77. The van der Waals surface area contributed by atoms with Crippen molar-refractivity contribution >= 4 is 29.3 Å². The van der Waals surface area contributed by atoms with Crippen LogP contribution in [-0.2, 0) is 9.59 Å². The van der Waals surface area contributed by atoms with Gasteiger partial charge in [-0.3, -0.25) is 14.4 Å². The highest BCUT2D eigenvalue weighted by Gasteiger charge is 2.32. The number of amides is 3. The lowest BCUT2D eigenvalue weighted by atomic mass is 10.0. The monoisotopic (exact) mass is 440 g/mol. The number of carbonyl (C=O) groups is 3. The molecule has 1 N–H and O–H groups in total. The summed E-state index contributed by atoms with van der Waals surface area (Å²) in [5, 5.41) is 2.71. The van der Waals surface area contributed by atoms with Crippen LogP contribution in [0.4, 0.5) is 0 Å². The van der Waals surface area contributed by atoms with Crippen LogP contribution in [0.5, 0.6) is 0 Å². The summed E-state index contributed by atoms with van der Waals surface area (Å²) < 4.78 is 0. The zero-order valence-electron chi connectivity index (χ0n) is 17.3. The summed E-state index contributed by atoms with van der Waals surface area (Å²) in [6.07, 6.45) is 1.27. The Kier molecular flexibility index (Phi) is 6.82. The van der Waals surface area contributed by atoms with Crippen LogP contribution in [0.3, 0.4) is 0 Å². The molecule has 2 aromatic rings. The van der Waals surface area contributed by atoms with Crippen molar-refractivity contribution in [1.29, 1.82) is 0 Å². The molecular formula is C21H21ClN6O3. The van der Waals surface area contributed by atoms with E-state index in [0.29, 0.717) is 30.0 Å². The molecule has 3 heterocycles. The quantitative estimate of drug-likeness (QED) is 0.569. The summed E-state index contributed by atoms with van der Waals surface area (Å²) in [6, 6.07) is 4.50. The minimum Gasteiger partial charge on any atom is -0.354 e. The second-order valence-electron chi connectivity index (χ2n) is 6.83. The predicted molar refractivity (Wildman–Crippen MR) is 114 cm³/mol. The molecule has 9 nitrogen and oxygen atoms in total. The van der Waals surface area contributed by atoms with Gasteiger partial charge in [-0.15, -0.1) is 0 Å². The first kappa shape index (κ1) is 22.2. The molecule has 1 aliphatic rings. The van der Waals surface area contributed by atoms with Crippen LogP contribution in [0.1, 0.15) is 35.9 Å². The number of pyridine rings is 1. The molecule has 0 radical (unpaired) electrons. The third-order valence-corrected chi connectivity index (χ3v) is 5.09. The summed E-state index contributed by atoms with van der Waals surface area (Å²) in [6.45, 7) is 4.14. The van der Waals surface area contributed by atoms with Crippen LogP contribution in [0.25, 0.3) is 11.4 Å². The van der Waals surface area contributed by atoms with Gasteiger partial charge in [0.1, 0.15) is 17.2 Å². The summed E-state index contributed by atoms with van der Waals surface area (Å²) in [7, 11) is 1.51. The zero-order valence-corrected chi connectivity index (χ0v) is 18.1. The lowest BCUT2D eigenvalue weighted by Crippen LogP contribution is -2.51. The highest BCUT2D eigenvalue weighted by atomic mass is 35.5. The smallest absolute Gasteiger partial charge is 0.298 e. The molecule has 3 rings (SSSR count). The van der Waals surface area contributed by atoms with Crippen LogP contribution in [-0.4, -0.2) is 69.2 Å². The van der Waals surface area contributed by atoms with E-state index in [4.69, 9.17) is 11.6 Å². The fraction of sp³-hybridized carbons (Fsp3) is 0.333. The first-order valence-corrected chi connectivity index (χ1v) is 9.92. The van der Waals surface area contributed by atoms with Crippen molar-refractivity contribution < 1.29 is 14.4 Å². The summed E-state index contributed by atoms with van der Waals surface area (Å²) in [5.74, 6) is 4.40. The van der Waals surface area contributed by atoms with E-state index in [1.807, 2.05) is 0 Å². The molecule has 10 heteroatoms. The number of carbonyl (C=O) groups excluding carboxylic acids is 3. The third kappa shape index (κ3) is 4.98. The highest BCUT2D eigenvalue weighted by Crippen LogP contribution is 2.30. The van der Waals surface area contributed by atoms with E-state index in [1.165, 1.54) is 26.4 Å². The molecule has 1 saturated heterocycles. The normalized spacial score (nSPS) is 15.7. The van der Waals surface area contributed by atoms with Gasteiger partial charge in [-0.25, -0.2) is 15.0 Å². The number of hydrogen-bond acceptors (Lipinski definition) is 6. The lowest BCUT2D eigenvalue weighted by molar-refractivity contribution is -0.139.